The molecule has 0 bridgehead atoms. The van der Waals surface area contributed by atoms with Gasteiger partial charge in [-0.05, 0) is 18.2 Å². The summed E-state index contributed by atoms with van der Waals surface area (Å²) in [5.74, 6) is -0.798. The molecule has 2 aromatic rings. The van der Waals surface area contributed by atoms with Gasteiger partial charge in [0.2, 0.25) is 0 Å². The highest BCUT2D eigenvalue weighted by Crippen LogP contribution is 2.34. The number of hydrogen-bond donors (Lipinski definition) is 1. The molecule has 1 amide bonds. The maximum absolute atomic E-state index is 12.1. The Morgan fingerprint density at radius 1 is 0.833 bits per heavy atom. The van der Waals surface area contributed by atoms with Crippen LogP contribution < -0.4 is 5.32 Å². The number of nitrogens with one attached hydrogen (secondary N) is 1. The van der Waals surface area contributed by atoms with Crippen LogP contribution in [0, 0.1) is 30.3 Å². The minimum atomic E-state index is -0.969. The van der Waals surface area contributed by atoms with Gasteiger partial charge in [0, 0.05) is 23.8 Å². The Bertz CT molecular complexity index is 848. The third-order valence-corrected chi connectivity index (χ3v) is 2.98. The summed E-state index contributed by atoms with van der Waals surface area (Å²) >= 11 is 0. The maximum atomic E-state index is 12.1. The lowest BCUT2D eigenvalue weighted by atomic mass is 10.1. The quantitative estimate of drug-likeness (QED) is 0.650. The molecule has 11 nitrogen and oxygen atoms in total. The molecule has 24 heavy (non-hydrogen) atoms. The van der Waals surface area contributed by atoms with Gasteiger partial charge in [-0.25, -0.2) is 0 Å². The Balaban J connectivity index is 2.35. The van der Waals surface area contributed by atoms with Gasteiger partial charge in [-0.2, -0.15) is 0 Å². The SMILES string of the molecule is O=C(Nc1cccc([N+](=O)[O-])c1[N+](=O)[O-])c1ccc([N+](=O)[O-])cc1. The van der Waals surface area contributed by atoms with Crippen LogP contribution in [0.3, 0.4) is 0 Å². The first-order chi connectivity index (χ1) is 11.3. The number of nitro groups is 3. The van der Waals surface area contributed by atoms with Crippen LogP contribution in [0.5, 0.6) is 0 Å². The molecular formula is C13H8N4O7. The first-order valence-corrected chi connectivity index (χ1v) is 6.29. The number of carbonyl (C=O) groups is 1. The van der Waals surface area contributed by atoms with Crippen molar-refractivity contribution in [1.29, 1.82) is 0 Å². The Morgan fingerprint density at radius 2 is 1.46 bits per heavy atom. The fourth-order valence-electron chi connectivity index (χ4n) is 1.90. The highest BCUT2D eigenvalue weighted by atomic mass is 16.6. The number of anilines is 1. The predicted octanol–water partition coefficient (Wildman–Crippen LogP) is 2.66. The summed E-state index contributed by atoms with van der Waals surface area (Å²) < 4.78 is 0. The molecule has 0 saturated carbocycles. The van der Waals surface area contributed by atoms with Crippen molar-refractivity contribution < 1.29 is 19.6 Å². The lowest BCUT2D eigenvalue weighted by Gasteiger charge is -2.06. The van der Waals surface area contributed by atoms with Crippen LogP contribution >= 0.6 is 0 Å². The minimum Gasteiger partial charge on any atom is -0.316 e. The van der Waals surface area contributed by atoms with E-state index in [4.69, 9.17) is 0 Å². The van der Waals surface area contributed by atoms with Gasteiger partial charge in [-0.15, -0.1) is 0 Å². The van der Waals surface area contributed by atoms with Crippen LogP contribution in [0.25, 0.3) is 0 Å². The second-order valence-electron chi connectivity index (χ2n) is 4.45. The van der Waals surface area contributed by atoms with Crippen molar-refractivity contribution in [3.05, 3.63) is 78.4 Å². The number of carbonyl (C=O) groups excluding carboxylic acids is 1. The van der Waals surface area contributed by atoms with Crippen molar-refractivity contribution in [3.8, 4) is 0 Å². The molecule has 0 heterocycles. The maximum Gasteiger partial charge on any atom is 0.369 e. The number of hydrogen-bond acceptors (Lipinski definition) is 7. The van der Waals surface area contributed by atoms with E-state index in [-0.39, 0.29) is 16.9 Å². The van der Waals surface area contributed by atoms with Gasteiger partial charge in [0.1, 0.15) is 5.69 Å². The van der Waals surface area contributed by atoms with Crippen LogP contribution in [0.4, 0.5) is 22.7 Å². The number of nitro benzene ring substituents is 3. The Kier molecular flexibility index (Phi) is 4.45. The van der Waals surface area contributed by atoms with Crippen molar-refractivity contribution in [2.45, 2.75) is 0 Å². The molecule has 2 aromatic carbocycles. The summed E-state index contributed by atoms with van der Waals surface area (Å²) in [5.41, 5.74) is -2.19. The molecule has 2 rings (SSSR count). The van der Waals surface area contributed by atoms with Crippen molar-refractivity contribution >= 4 is 28.7 Å². The summed E-state index contributed by atoms with van der Waals surface area (Å²) in [4.78, 5) is 42.0. The standard InChI is InChI=1S/C13H8N4O7/c18-13(8-4-6-9(7-5-8)15(19)20)14-10-2-1-3-11(16(21)22)12(10)17(23)24/h1-7H,(H,14,18). The lowest BCUT2D eigenvalue weighted by Crippen LogP contribution is -2.13. The Labute approximate surface area is 133 Å². The first kappa shape index (κ1) is 16.5. The van der Waals surface area contributed by atoms with Gasteiger partial charge in [0.15, 0.2) is 0 Å². The van der Waals surface area contributed by atoms with Gasteiger partial charge in [0.25, 0.3) is 11.6 Å². The summed E-state index contributed by atoms with van der Waals surface area (Å²) in [6, 6.07) is 7.80. The predicted molar refractivity (Wildman–Crippen MR) is 80.8 cm³/mol. The summed E-state index contributed by atoms with van der Waals surface area (Å²) in [7, 11) is 0. The summed E-state index contributed by atoms with van der Waals surface area (Å²) in [6.07, 6.45) is 0. The van der Waals surface area contributed by atoms with E-state index in [9.17, 15) is 35.1 Å². The normalized spacial score (nSPS) is 10.0. The molecule has 0 unspecified atom stereocenters. The van der Waals surface area contributed by atoms with E-state index >= 15 is 0 Å². The molecular weight excluding hydrogens is 324 g/mol. The molecule has 0 fully saturated rings. The largest absolute Gasteiger partial charge is 0.369 e. The average Bonchev–Trinajstić information content (AvgIpc) is 2.54. The fraction of sp³-hybridized carbons (Fsp3) is 0. The zero-order chi connectivity index (χ0) is 17.9. The van der Waals surface area contributed by atoms with Crippen LogP contribution in [-0.4, -0.2) is 20.7 Å². The number of para-hydroxylation sites is 1. The van der Waals surface area contributed by atoms with Gasteiger partial charge in [-0.1, -0.05) is 6.07 Å². The molecule has 0 aliphatic rings. The first-order valence-electron chi connectivity index (χ1n) is 6.29. The molecule has 122 valence electrons. The molecule has 0 spiro atoms. The monoisotopic (exact) mass is 332 g/mol. The summed E-state index contributed by atoms with van der Waals surface area (Å²) in [6.45, 7) is 0. The fourth-order valence-corrected chi connectivity index (χ4v) is 1.90. The van der Waals surface area contributed by atoms with Gasteiger partial charge >= 0.3 is 11.4 Å². The molecule has 0 aromatic heterocycles. The number of benzene rings is 2. The highest BCUT2D eigenvalue weighted by molar-refractivity contribution is 6.06. The van der Waals surface area contributed by atoms with E-state index in [2.05, 4.69) is 5.32 Å². The second-order valence-corrected chi connectivity index (χ2v) is 4.45. The highest BCUT2D eigenvalue weighted by Gasteiger charge is 2.29. The molecule has 11 heteroatoms. The number of amides is 1. The zero-order valence-electron chi connectivity index (χ0n) is 11.7. The smallest absolute Gasteiger partial charge is 0.316 e. The van der Waals surface area contributed by atoms with Gasteiger partial charge < -0.3 is 5.32 Å². The van der Waals surface area contributed by atoms with E-state index in [0.29, 0.717) is 0 Å². The van der Waals surface area contributed by atoms with Crippen molar-refractivity contribution in [2.24, 2.45) is 0 Å². The topological polar surface area (TPSA) is 159 Å². The third-order valence-electron chi connectivity index (χ3n) is 2.98. The Morgan fingerprint density at radius 3 is 1.96 bits per heavy atom. The van der Waals surface area contributed by atoms with Gasteiger partial charge in [0.05, 0.1) is 14.8 Å². The molecule has 0 saturated heterocycles. The second kappa shape index (κ2) is 6.48. The van der Waals surface area contributed by atoms with E-state index in [1.165, 1.54) is 6.07 Å². The van der Waals surface area contributed by atoms with Crippen LogP contribution in [0.15, 0.2) is 42.5 Å². The molecule has 0 radical (unpaired) electrons. The third kappa shape index (κ3) is 3.30. The average molecular weight is 332 g/mol. The van der Waals surface area contributed by atoms with E-state index in [1.54, 1.807) is 0 Å². The van der Waals surface area contributed by atoms with E-state index in [1.807, 2.05) is 0 Å². The van der Waals surface area contributed by atoms with E-state index < -0.39 is 32.1 Å². The zero-order valence-corrected chi connectivity index (χ0v) is 11.7. The van der Waals surface area contributed by atoms with Crippen LogP contribution in [-0.2, 0) is 0 Å². The minimum absolute atomic E-state index is 0.00130. The molecule has 1 N–H and O–H groups in total. The Hall–Kier alpha value is -3.89. The van der Waals surface area contributed by atoms with Crippen molar-refractivity contribution in [1.82, 2.24) is 0 Å². The lowest BCUT2D eigenvalue weighted by molar-refractivity contribution is -0.421. The van der Waals surface area contributed by atoms with Crippen molar-refractivity contribution in [3.63, 3.8) is 0 Å². The molecule has 0 atom stereocenters. The molecule has 0 aliphatic heterocycles. The van der Waals surface area contributed by atoms with Gasteiger partial charge in [-0.3, -0.25) is 35.1 Å². The molecule has 0 aliphatic carbocycles. The van der Waals surface area contributed by atoms with E-state index in [0.717, 1.165) is 36.4 Å². The van der Waals surface area contributed by atoms with Crippen LogP contribution in [0.1, 0.15) is 10.4 Å². The number of rotatable bonds is 5. The number of nitrogens with zero attached hydrogens (tertiary/aromatic N) is 3. The van der Waals surface area contributed by atoms with Crippen LogP contribution in [0.2, 0.25) is 0 Å². The number of non-ortho nitro benzene ring substituents is 1. The van der Waals surface area contributed by atoms with Crippen molar-refractivity contribution in [2.75, 3.05) is 5.32 Å². The summed E-state index contributed by atoms with van der Waals surface area (Å²) in [5, 5.41) is 34.7.